The third kappa shape index (κ3) is 2.55. The first-order valence-corrected chi connectivity index (χ1v) is 4.13. The van der Waals surface area contributed by atoms with Gasteiger partial charge in [-0.3, -0.25) is 0 Å². The fraction of sp³-hybridized carbons (Fsp3) is 0.400. The van der Waals surface area contributed by atoms with E-state index >= 15 is 0 Å². The van der Waals surface area contributed by atoms with Gasteiger partial charge in [-0.05, 0) is 17.7 Å². The van der Waals surface area contributed by atoms with E-state index in [2.05, 4.69) is 5.32 Å². The average molecular weight is 164 g/mol. The second-order valence-electron chi connectivity index (χ2n) is 2.55. The monoisotopic (exact) mass is 164 g/mol. The Kier molecular flexibility index (Phi) is 3.61. The summed E-state index contributed by atoms with van der Waals surface area (Å²) in [6, 6.07) is 8.00. The van der Waals surface area contributed by atoms with Crippen LogP contribution in [0.1, 0.15) is 12.5 Å². The Morgan fingerprint density at radius 3 is 2.42 bits per heavy atom. The highest BCUT2D eigenvalue weighted by Gasteiger charge is 1.92. The third-order valence-corrected chi connectivity index (χ3v) is 1.68. The molecule has 0 aliphatic carbocycles. The van der Waals surface area contributed by atoms with Crippen LogP contribution in [0.3, 0.4) is 0 Å². The molecule has 0 saturated carbocycles. The Morgan fingerprint density at radius 1 is 1.25 bits per heavy atom. The van der Waals surface area contributed by atoms with Crippen molar-refractivity contribution in [1.82, 2.24) is 5.32 Å². The fourth-order valence-corrected chi connectivity index (χ4v) is 0.972. The molecule has 1 aromatic carbocycles. The SMILES string of the molecule is CC[N]Cc1ccc(OC)cc1. The molecule has 0 spiro atoms. The molecule has 0 bridgehead atoms. The summed E-state index contributed by atoms with van der Waals surface area (Å²) < 4.78 is 5.04. The van der Waals surface area contributed by atoms with Gasteiger partial charge in [-0.25, -0.2) is 5.32 Å². The lowest BCUT2D eigenvalue weighted by atomic mass is 10.2. The van der Waals surface area contributed by atoms with Crippen molar-refractivity contribution in [2.75, 3.05) is 13.7 Å². The summed E-state index contributed by atoms with van der Waals surface area (Å²) >= 11 is 0. The lowest BCUT2D eigenvalue weighted by Crippen LogP contribution is -2.02. The van der Waals surface area contributed by atoms with E-state index < -0.39 is 0 Å². The van der Waals surface area contributed by atoms with Crippen molar-refractivity contribution in [1.29, 1.82) is 0 Å². The summed E-state index contributed by atoms with van der Waals surface area (Å²) in [5.74, 6) is 0.898. The van der Waals surface area contributed by atoms with Crippen molar-refractivity contribution in [2.45, 2.75) is 13.5 Å². The second kappa shape index (κ2) is 4.78. The first kappa shape index (κ1) is 9.07. The molecule has 2 heteroatoms. The molecule has 0 heterocycles. The number of benzene rings is 1. The zero-order valence-corrected chi connectivity index (χ0v) is 7.58. The van der Waals surface area contributed by atoms with Gasteiger partial charge in [0, 0.05) is 13.1 Å². The van der Waals surface area contributed by atoms with Crippen molar-refractivity contribution in [3.63, 3.8) is 0 Å². The molecular weight excluding hydrogens is 150 g/mol. The maximum absolute atomic E-state index is 5.04. The smallest absolute Gasteiger partial charge is 0.118 e. The van der Waals surface area contributed by atoms with Gasteiger partial charge in [-0.2, -0.15) is 0 Å². The number of rotatable bonds is 4. The van der Waals surface area contributed by atoms with Crippen LogP contribution in [-0.2, 0) is 6.54 Å². The van der Waals surface area contributed by atoms with Gasteiger partial charge in [-0.15, -0.1) is 0 Å². The van der Waals surface area contributed by atoms with Gasteiger partial charge < -0.3 is 4.74 Å². The van der Waals surface area contributed by atoms with E-state index in [0.29, 0.717) is 0 Å². The van der Waals surface area contributed by atoms with E-state index in [9.17, 15) is 0 Å². The first-order chi connectivity index (χ1) is 5.86. The van der Waals surface area contributed by atoms with Crippen LogP contribution in [0.5, 0.6) is 5.75 Å². The van der Waals surface area contributed by atoms with Gasteiger partial charge in [0.25, 0.3) is 0 Å². The Balaban J connectivity index is 2.53. The van der Waals surface area contributed by atoms with Gasteiger partial charge in [0.15, 0.2) is 0 Å². The van der Waals surface area contributed by atoms with Crippen molar-refractivity contribution in [3.8, 4) is 5.75 Å². The number of nitrogens with zero attached hydrogens (tertiary/aromatic N) is 1. The van der Waals surface area contributed by atoms with Crippen molar-refractivity contribution in [2.24, 2.45) is 0 Å². The average Bonchev–Trinajstić information content (AvgIpc) is 2.15. The van der Waals surface area contributed by atoms with Gasteiger partial charge >= 0.3 is 0 Å². The van der Waals surface area contributed by atoms with E-state index in [1.54, 1.807) is 7.11 Å². The highest BCUT2D eigenvalue weighted by molar-refractivity contribution is 5.26. The summed E-state index contributed by atoms with van der Waals surface area (Å²) in [7, 11) is 1.67. The highest BCUT2D eigenvalue weighted by atomic mass is 16.5. The molecule has 0 unspecified atom stereocenters. The third-order valence-electron chi connectivity index (χ3n) is 1.68. The van der Waals surface area contributed by atoms with Crippen LogP contribution in [-0.4, -0.2) is 13.7 Å². The van der Waals surface area contributed by atoms with Crippen molar-refractivity contribution >= 4 is 0 Å². The minimum Gasteiger partial charge on any atom is -0.497 e. The summed E-state index contributed by atoms with van der Waals surface area (Å²) in [4.78, 5) is 0. The van der Waals surface area contributed by atoms with Crippen molar-refractivity contribution in [3.05, 3.63) is 29.8 Å². The van der Waals surface area contributed by atoms with Crippen LogP contribution in [0.15, 0.2) is 24.3 Å². The minimum absolute atomic E-state index is 0.806. The van der Waals surface area contributed by atoms with E-state index in [4.69, 9.17) is 4.74 Å². The number of hydrogen-bond donors (Lipinski definition) is 0. The van der Waals surface area contributed by atoms with Gasteiger partial charge in [-0.1, -0.05) is 19.1 Å². The maximum atomic E-state index is 5.04. The fourth-order valence-electron chi connectivity index (χ4n) is 0.972. The lowest BCUT2D eigenvalue weighted by Gasteiger charge is -2.01. The molecule has 2 nitrogen and oxygen atoms in total. The molecule has 1 aromatic rings. The predicted octanol–water partition coefficient (Wildman–Crippen LogP) is 1.82. The molecule has 1 rings (SSSR count). The van der Waals surface area contributed by atoms with Crippen molar-refractivity contribution < 1.29 is 4.74 Å². The maximum Gasteiger partial charge on any atom is 0.118 e. The van der Waals surface area contributed by atoms with Crippen LogP contribution >= 0.6 is 0 Å². The van der Waals surface area contributed by atoms with Crippen LogP contribution in [0, 0.1) is 0 Å². The molecule has 65 valence electrons. The quantitative estimate of drug-likeness (QED) is 0.665. The molecule has 0 aliphatic heterocycles. The number of hydrogen-bond acceptors (Lipinski definition) is 1. The molecular formula is C10H14NO. The minimum atomic E-state index is 0.806. The molecule has 1 radical (unpaired) electrons. The van der Waals surface area contributed by atoms with E-state index in [1.807, 2.05) is 31.2 Å². The number of methoxy groups -OCH3 is 1. The normalized spacial score (nSPS) is 9.83. The van der Waals surface area contributed by atoms with E-state index in [1.165, 1.54) is 5.56 Å². The Morgan fingerprint density at radius 2 is 1.92 bits per heavy atom. The van der Waals surface area contributed by atoms with Crippen LogP contribution < -0.4 is 10.1 Å². The molecule has 0 aromatic heterocycles. The molecule has 12 heavy (non-hydrogen) atoms. The zero-order chi connectivity index (χ0) is 8.81. The summed E-state index contributed by atoms with van der Waals surface area (Å²) in [6.45, 7) is 3.73. The van der Waals surface area contributed by atoms with Gasteiger partial charge in [0.05, 0.1) is 7.11 Å². The van der Waals surface area contributed by atoms with Crippen LogP contribution in [0.25, 0.3) is 0 Å². The molecule has 0 amide bonds. The molecule has 0 fully saturated rings. The summed E-state index contributed by atoms with van der Waals surface area (Å²) in [5.41, 5.74) is 1.23. The Bertz CT molecular complexity index is 218. The second-order valence-corrected chi connectivity index (χ2v) is 2.55. The summed E-state index contributed by atoms with van der Waals surface area (Å²) in [6.07, 6.45) is 0. The van der Waals surface area contributed by atoms with E-state index in [0.717, 1.165) is 18.8 Å². The Hall–Kier alpha value is -1.02. The number of ether oxygens (including phenoxy) is 1. The van der Waals surface area contributed by atoms with Crippen LogP contribution in [0.2, 0.25) is 0 Å². The molecule has 0 saturated heterocycles. The van der Waals surface area contributed by atoms with Crippen LogP contribution in [0.4, 0.5) is 0 Å². The lowest BCUT2D eigenvalue weighted by molar-refractivity contribution is 0.414. The zero-order valence-electron chi connectivity index (χ0n) is 7.58. The highest BCUT2D eigenvalue weighted by Crippen LogP contribution is 2.10. The standard InChI is InChI=1S/C10H14NO/c1-3-11-8-9-4-6-10(12-2)7-5-9/h4-7H,3,8H2,1-2H3. The topological polar surface area (TPSA) is 23.3 Å². The van der Waals surface area contributed by atoms with E-state index in [-0.39, 0.29) is 0 Å². The summed E-state index contributed by atoms with van der Waals surface area (Å²) in [5, 5.41) is 4.26. The molecule has 0 aliphatic rings. The van der Waals surface area contributed by atoms with Gasteiger partial charge in [0.2, 0.25) is 0 Å². The molecule has 0 N–H and O–H groups in total. The Labute approximate surface area is 73.6 Å². The molecule has 0 atom stereocenters. The largest absolute Gasteiger partial charge is 0.497 e. The predicted molar refractivity (Wildman–Crippen MR) is 49.4 cm³/mol. The van der Waals surface area contributed by atoms with Gasteiger partial charge in [0.1, 0.15) is 5.75 Å². The first-order valence-electron chi connectivity index (χ1n) is 4.13.